The summed E-state index contributed by atoms with van der Waals surface area (Å²) in [4.78, 5) is 5.15. The van der Waals surface area contributed by atoms with Crippen molar-refractivity contribution in [3.05, 3.63) is 30.3 Å². The number of para-hydroxylation sites is 1. The first-order chi connectivity index (χ1) is 9.74. The lowest BCUT2D eigenvalue weighted by molar-refractivity contribution is 0.117. The van der Waals surface area contributed by atoms with Crippen molar-refractivity contribution in [3.63, 3.8) is 0 Å². The highest BCUT2D eigenvalue weighted by Gasteiger charge is 2.16. The minimum atomic E-state index is 0.779. The van der Waals surface area contributed by atoms with E-state index in [9.17, 15) is 0 Å². The number of hydrogen-bond donors (Lipinski definition) is 0. The quantitative estimate of drug-likeness (QED) is 0.712. The Morgan fingerprint density at radius 3 is 2.30 bits per heavy atom. The zero-order valence-electron chi connectivity index (χ0n) is 12.9. The molecule has 0 spiro atoms. The molecular weight excluding hydrogens is 248 g/mol. The van der Waals surface area contributed by atoms with Crippen LogP contribution in [0.15, 0.2) is 30.3 Å². The summed E-state index contributed by atoms with van der Waals surface area (Å²) in [5.74, 6) is 1.76. The van der Waals surface area contributed by atoms with Gasteiger partial charge in [0.2, 0.25) is 0 Å². The van der Waals surface area contributed by atoms with Crippen LogP contribution in [0.3, 0.4) is 0 Å². The van der Waals surface area contributed by atoms with Crippen molar-refractivity contribution in [2.45, 2.75) is 20.3 Å². The molecule has 1 aromatic carbocycles. The molecule has 0 saturated carbocycles. The highest BCUT2D eigenvalue weighted by atomic mass is 16.5. The van der Waals surface area contributed by atoms with E-state index in [2.05, 4.69) is 23.6 Å². The normalized spacial score (nSPS) is 17.6. The molecule has 0 aliphatic carbocycles. The van der Waals surface area contributed by atoms with Crippen LogP contribution in [0.1, 0.15) is 20.3 Å². The number of hydrogen-bond acceptors (Lipinski definition) is 3. The van der Waals surface area contributed by atoms with E-state index < -0.39 is 0 Å². The summed E-state index contributed by atoms with van der Waals surface area (Å²) in [5, 5.41) is 0. The Kier molecular flexibility index (Phi) is 6.34. The maximum absolute atomic E-state index is 5.73. The van der Waals surface area contributed by atoms with E-state index in [0.29, 0.717) is 0 Å². The summed E-state index contributed by atoms with van der Waals surface area (Å²) >= 11 is 0. The number of nitrogens with zero attached hydrogens (tertiary/aromatic N) is 2. The van der Waals surface area contributed by atoms with Gasteiger partial charge in [-0.25, -0.2) is 0 Å². The largest absolute Gasteiger partial charge is 0.494 e. The maximum atomic E-state index is 5.73. The second kappa shape index (κ2) is 8.28. The summed E-state index contributed by atoms with van der Waals surface area (Å²) in [6.07, 6.45) is 1.11. The van der Waals surface area contributed by atoms with Crippen molar-refractivity contribution < 1.29 is 4.74 Å². The van der Waals surface area contributed by atoms with Gasteiger partial charge in [0.15, 0.2) is 0 Å². The molecule has 0 aromatic heterocycles. The Morgan fingerprint density at radius 1 is 1.00 bits per heavy atom. The third kappa shape index (κ3) is 5.51. The SMILES string of the molecule is CC(C)CN1CCN(CCCOc2ccccc2)CC1. The van der Waals surface area contributed by atoms with Gasteiger partial charge in [0.05, 0.1) is 6.61 Å². The fraction of sp³-hybridized carbons (Fsp3) is 0.647. The van der Waals surface area contributed by atoms with Crippen LogP contribution < -0.4 is 4.74 Å². The molecule has 1 saturated heterocycles. The second-order valence-corrected chi connectivity index (χ2v) is 6.05. The highest BCUT2D eigenvalue weighted by Crippen LogP contribution is 2.09. The Balaban J connectivity index is 1.55. The fourth-order valence-electron chi connectivity index (χ4n) is 2.71. The average Bonchev–Trinajstić information content (AvgIpc) is 2.46. The summed E-state index contributed by atoms with van der Waals surface area (Å²) in [7, 11) is 0. The van der Waals surface area contributed by atoms with E-state index in [1.807, 2.05) is 30.3 Å². The molecule has 0 radical (unpaired) electrons. The molecule has 112 valence electrons. The van der Waals surface area contributed by atoms with Gasteiger partial charge in [0, 0.05) is 39.3 Å². The Hall–Kier alpha value is -1.06. The molecule has 1 heterocycles. The maximum Gasteiger partial charge on any atom is 0.119 e. The summed E-state index contributed by atoms with van der Waals surface area (Å²) < 4.78 is 5.73. The zero-order chi connectivity index (χ0) is 14.2. The molecule has 2 rings (SSSR count). The van der Waals surface area contributed by atoms with E-state index in [-0.39, 0.29) is 0 Å². The van der Waals surface area contributed by atoms with Gasteiger partial charge in [-0.05, 0) is 24.5 Å². The topological polar surface area (TPSA) is 15.7 Å². The first-order valence-corrected chi connectivity index (χ1v) is 7.86. The molecule has 1 aliphatic rings. The third-order valence-corrected chi connectivity index (χ3v) is 3.72. The summed E-state index contributed by atoms with van der Waals surface area (Å²) in [6.45, 7) is 12.7. The number of rotatable bonds is 7. The molecule has 20 heavy (non-hydrogen) atoms. The smallest absolute Gasteiger partial charge is 0.119 e. The predicted octanol–water partition coefficient (Wildman–Crippen LogP) is 2.73. The van der Waals surface area contributed by atoms with E-state index >= 15 is 0 Å². The molecular formula is C17H28N2O. The highest BCUT2D eigenvalue weighted by molar-refractivity contribution is 5.20. The molecule has 0 N–H and O–H groups in total. The molecule has 1 aromatic rings. The van der Waals surface area contributed by atoms with Crippen molar-refractivity contribution in [2.24, 2.45) is 5.92 Å². The lowest BCUT2D eigenvalue weighted by Crippen LogP contribution is -2.47. The van der Waals surface area contributed by atoms with Crippen molar-refractivity contribution in [2.75, 3.05) is 45.9 Å². The first-order valence-electron chi connectivity index (χ1n) is 7.86. The van der Waals surface area contributed by atoms with Crippen molar-refractivity contribution in [1.29, 1.82) is 0 Å². The van der Waals surface area contributed by atoms with Gasteiger partial charge in [-0.2, -0.15) is 0 Å². The monoisotopic (exact) mass is 276 g/mol. The zero-order valence-corrected chi connectivity index (χ0v) is 12.9. The molecule has 0 atom stereocenters. The molecule has 1 aliphatic heterocycles. The number of ether oxygens (including phenoxy) is 1. The van der Waals surface area contributed by atoms with E-state index in [4.69, 9.17) is 4.74 Å². The lowest BCUT2D eigenvalue weighted by Gasteiger charge is -2.35. The van der Waals surface area contributed by atoms with Crippen molar-refractivity contribution >= 4 is 0 Å². The fourth-order valence-corrected chi connectivity index (χ4v) is 2.71. The molecule has 0 amide bonds. The van der Waals surface area contributed by atoms with Crippen molar-refractivity contribution in [1.82, 2.24) is 9.80 Å². The van der Waals surface area contributed by atoms with Crippen LogP contribution in [-0.2, 0) is 0 Å². The Morgan fingerprint density at radius 2 is 1.65 bits per heavy atom. The summed E-state index contributed by atoms with van der Waals surface area (Å²) in [5.41, 5.74) is 0. The van der Waals surface area contributed by atoms with Crippen LogP contribution in [0.4, 0.5) is 0 Å². The van der Waals surface area contributed by atoms with Gasteiger partial charge in [-0.1, -0.05) is 32.0 Å². The third-order valence-electron chi connectivity index (χ3n) is 3.72. The van der Waals surface area contributed by atoms with E-state index in [1.54, 1.807) is 0 Å². The van der Waals surface area contributed by atoms with Gasteiger partial charge >= 0.3 is 0 Å². The number of benzene rings is 1. The van der Waals surface area contributed by atoms with Gasteiger partial charge in [0.1, 0.15) is 5.75 Å². The van der Waals surface area contributed by atoms with E-state index in [1.165, 1.54) is 32.7 Å². The molecule has 1 fully saturated rings. The molecule has 3 nitrogen and oxygen atoms in total. The summed E-state index contributed by atoms with van der Waals surface area (Å²) in [6, 6.07) is 10.1. The number of piperazine rings is 1. The van der Waals surface area contributed by atoms with Crippen LogP contribution >= 0.6 is 0 Å². The van der Waals surface area contributed by atoms with Gasteiger partial charge < -0.3 is 14.5 Å². The van der Waals surface area contributed by atoms with Crippen LogP contribution in [0.5, 0.6) is 5.75 Å². The minimum absolute atomic E-state index is 0.779. The van der Waals surface area contributed by atoms with Gasteiger partial charge in [-0.15, -0.1) is 0 Å². The molecule has 3 heteroatoms. The molecule has 0 bridgehead atoms. The van der Waals surface area contributed by atoms with Crippen molar-refractivity contribution in [3.8, 4) is 5.75 Å². The van der Waals surface area contributed by atoms with Gasteiger partial charge in [0.25, 0.3) is 0 Å². The van der Waals surface area contributed by atoms with Crippen LogP contribution in [0.2, 0.25) is 0 Å². The second-order valence-electron chi connectivity index (χ2n) is 6.05. The van der Waals surface area contributed by atoms with E-state index in [0.717, 1.165) is 31.2 Å². The minimum Gasteiger partial charge on any atom is -0.494 e. The Bertz CT molecular complexity index is 359. The van der Waals surface area contributed by atoms with Crippen LogP contribution in [0.25, 0.3) is 0 Å². The Labute approximate surface area is 123 Å². The lowest BCUT2D eigenvalue weighted by atomic mass is 10.2. The predicted molar refractivity (Wildman–Crippen MR) is 84.3 cm³/mol. The molecule has 0 unspecified atom stereocenters. The van der Waals surface area contributed by atoms with Crippen LogP contribution in [-0.4, -0.2) is 55.7 Å². The van der Waals surface area contributed by atoms with Crippen LogP contribution in [0, 0.1) is 5.92 Å². The van der Waals surface area contributed by atoms with Gasteiger partial charge in [-0.3, -0.25) is 0 Å². The standard InChI is InChI=1S/C17H28N2O/c1-16(2)15-19-12-10-18(11-13-19)9-6-14-20-17-7-4-3-5-8-17/h3-5,7-8,16H,6,9-15H2,1-2H3. The first kappa shape index (κ1) is 15.3. The average molecular weight is 276 g/mol.